The number of aryl methyl sites for hydroxylation is 2. The summed E-state index contributed by atoms with van der Waals surface area (Å²) in [5.74, 6) is 1.06. The number of thioether (sulfide) groups is 1. The molecule has 24 heavy (non-hydrogen) atoms. The zero-order valence-electron chi connectivity index (χ0n) is 14.1. The van der Waals surface area contributed by atoms with Crippen LogP contribution in [0.25, 0.3) is 0 Å². The first kappa shape index (κ1) is 17.0. The Kier molecular flexibility index (Phi) is 5.55. The van der Waals surface area contributed by atoms with Gasteiger partial charge in [0.2, 0.25) is 5.76 Å². The maximum atomic E-state index is 11.9. The number of aromatic nitrogens is 4. The number of carbonyl (C=O) groups excluding carboxylic acids is 1. The molecule has 2 heterocycles. The third-order valence-electron chi connectivity index (χ3n) is 4.32. The second-order valence-electron chi connectivity index (χ2n) is 6.10. The maximum absolute atomic E-state index is 11.9. The molecule has 0 atom stereocenters. The van der Waals surface area contributed by atoms with Crippen molar-refractivity contribution in [3.8, 4) is 0 Å². The predicted octanol–water partition coefficient (Wildman–Crippen LogP) is 2.77. The minimum Gasteiger partial charge on any atom is -0.351 e. The van der Waals surface area contributed by atoms with Crippen LogP contribution in [0.3, 0.4) is 0 Å². The second kappa shape index (κ2) is 7.83. The van der Waals surface area contributed by atoms with Gasteiger partial charge in [-0.15, -0.1) is 10.2 Å². The Balaban J connectivity index is 1.53. The van der Waals surface area contributed by atoms with Gasteiger partial charge in [0.15, 0.2) is 5.16 Å². The zero-order chi connectivity index (χ0) is 16.9. The van der Waals surface area contributed by atoms with E-state index in [0.29, 0.717) is 18.3 Å². The summed E-state index contributed by atoms with van der Waals surface area (Å²) in [6, 6.07) is 2.17. The number of nitrogens with one attached hydrogen (secondary N) is 1. The first-order valence-corrected chi connectivity index (χ1v) is 9.61. The average molecular weight is 349 g/mol. The Morgan fingerprint density at radius 3 is 2.88 bits per heavy atom. The predicted molar refractivity (Wildman–Crippen MR) is 91.2 cm³/mol. The molecule has 1 saturated carbocycles. The van der Waals surface area contributed by atoms with Crippen LogP contribution in [0.1, 0.15) is 60.2 Å². The Labute approximate surface area is 145 Å². The van der Waals surface area contributed by atoms with Crippen LogP contribution in [0.5, 0.6) is 0 Å². The SMILES string of the molecule is CSc1nnc(CCCNC(=O)c2cc(C)no2)n1C1CCCC1. The molecule has 1 aliphatic rings. The largest absolute Gasteiger partial charge is 0.351 e. The lowest BCUT2D eigenvalue weighted by Crippen LogP contribution is -2.24. The zero-order valence-corrected chi connectivity index (χ0v) is 14.9. The van der Waals surface area contributed by atoms with Crippen molar-refractivity contribution in [3.05, 3.63) is 23.3 Å². The lowest BCUT2D eigenvalue weighted by molar-refractivity contribution is 0.0916. The molecule has 0 aromatic carbocycles. The highest BCUT2D eigenvalue weighted by Crippen LogP contribution is 2.33. The van der Waals surface area contributed by atoms with Crippen molar-refractivity contribution < 1.29 is 9.32 Å². The molecule has 0 unspecified atom stereocenters. The van der Waals surface area contributed by atoms with Crippen LogP contribution in [0.15, 0.2) is 15.7 Å². The average Bonchev–Trinajstić information content (AvgIpc) is 3.30. The van der Waals surface area contributed by atoms with Gasteiger partial charge in [0.25, 0.3) is 5.91 Å². The molecule has 1 aliphatic carbocycles. The molecule has 1 amide bonds. The lowest BCUT2D eigenvalue weighted by atomic mass is 10.2. The van der Waals surface area contributed by atoms with Crippen LogP contribution in [-0.4, -0.2) is 38.6 Å². The lowest BCUT2D eigenvalue weighted by Gasteiger charge is -2.16. The molecule has 1 N–H and O–H groups in total. The van der Waals surface area contributed by atoms with Crippen molar-refractivity contribution in [1.82, 2.24) is 25.2 Å². The molecule has 0 saturated heterocycles. The molecule has 1 fully saturated rings. The highest BCUT2D eigenvalue weighted by atomic mass is 32.2. The molecule has 2 aromatic heterocycles. The van der Waals surface area contributed by atoms with Gasteiger partial charge in [0, 0.05) is 25.1 Å². The van der Waals surface area contributed by atoms with Gasteiger partial charge in [-0.2, -0.15) is 0 Å². The summed E-state index contributed by atoms with van der Waals surface area (Å²) >= 11 is 1.65. The van der Waals surface area contributed by atoms with Crippen LogP contribution >= 0.6 is 11.8 Å². The monoisotopic (exact) mass is 349 g/mol. The normalized spacial score (nSPS) is 15.1. The third-order valence-corrected chi connectivity index (χ3v) is 4.97. The van der Waals surface area contributed by atoms with E-state index in [1.54, 1.807) is 24.8 Å². The summed E-state index contributed by atoms with van der Waals surface area (Å²) in [4.78, 5) is 11.9. The molecular formula is C16H23N5O2S. The summed E-state index contributed by atoms with van der Waals surface area (Å²) < 4.78 is 7.26. The van der Waals surface area contributed by atoms with E-state index in [1.807, 2.05) is 6.26 Å². The summed E-state index contributed by atoms with van der Waals surface area (Å²) in [6.45, 7) is 2.37. The molecule has 3 rings (SSSR count). The number of rotatable bonds is 7. The van der Waals surface area contributed by atoms with E-state index < -0.39 is 0 Å². The number of hydrogen-bond donors (Lipinski definition) is 1. The van der Waals surface area contributed by atoms with Gasteiger partial charge >= 0.3 is 0 Å². The molecule has 2 aromatic rings. The van der Waals surface area contributed by atoms with Crippen LogP contribution in [0.4, 0.5) is 0 Å². The molecule has 0 aliphatic heterocycles. The van der Waals surface area contributed by atoms with E-state index in [2.05, 4.69) is 25.2 Å². The van der Waals surface area contributed by atoms with Crippen LogP contribution in [0, 0.1) is 6.92 Å². The number of carbonyl (C=O) groups is 1. The summed E-state index contributed by atoms with van der Waals surface area (Å²) in [7, 11) is 0. The summed E-state index contributed by atoms with van der Waals surface area (Å²) in [5, 5.41) is 16.2. The van der Waals surface area contributed by atoms with E-state index in [4.69, 9.17) is 4.52 Å². The first-order chi connectivity index (χ1) is 11.7. The van der Waals surface area contributed by atoms with E-state index in [-0.39, 0.29) is 11.7 Å². The molecular weight excluding hydrogens is 326 g/mol. The second-order valence-corrected chi connectivity index (χ2v) is 6.88. The van der Waals surface area contributed by atoms with Gasteiger partial charge in [0.1, 0.15) is 5.82 Å². The van der Waals surface area contributed by atoms with Gasteiger partial charge in [-0.3, -0.25) is 4.79 Å². The van der Waals surface area contributed by atoms with Gasteiger partial charge in [-0.1, -0.05) is 29.8 Å². The first-order valence-electron chi connectivity index (χ1n) is 8.38. The fraction of sp³-hybridized carbons (Fsp3) is 0.625. The van der Waals surface area contributed by atoms with Crippen molar-refractivity contribution in [2.45, 2.75) is 56.6 Å². The highest BCUT2D eigenvalue weighted by molar-refractivity contribution is 7.98. The van der Waals surface area contributed by atoms with Gasteiger partial charge in [-0.05, 0) is 32.4 Å². The Bertz CT molecular complexity index is 690. The van der Waals surface area contributed by atoms with Crippen LogP contribution in [0.2, 0.25) is 0 Å². The van der Waals surface area contributed by atoms with Gasteiger partial charge in [0.05, 0.1) is 5.69 Å². The molecule has 0 bridgehead atoms. The van der Waals surface area contributed by atoms with Gasteiger partial charge in [-0.25, -0.2) is 0 Å². The Hall–Kier alpha value is -1.83. The van der Waals surface area contributed by atoms with Gasteiger partial charge < -0.3 is 14.4 Å². The fourth-order valence-electron chi connectivity index (χ4n) is 3.15. The van der Waals surface area contributed by atoms with E-state index in [1.165, 1.54) is 25.7 Å². The molecule has 7 nitrogen and oxygen atoms in total. The van der Waals surface area contributed by atoms with Crippen molar-refractivity contribution >= 4 is 17.7 Å². The van der Waals surface area contributed by atoms with E-state index >= 15 is 0 Å². The molecule has 130 valence electrons. The van der Waals surface area contributed by atoms with E-state index in [0.717, 1.165) is 23.8 Å². The number of amides is 1. The van der Waals surface area contributed by atoms with Crippen LogP contribution < -0.4 is 5.32 Å². The minimum atomic E-state index is -0.224. The van der Waals surface area contributed by atoms with Crippen molar-refractivity contribution in [3.63, 3.8) is 0 Å². The summed E-state index contributed by atoms with van der Waals surface area (Å²) in [5.41, 5.74) is 0.703. The molecule has 8 heteroatoms. The van der Waals surface area contributed by atoms with Crippen molar-refractivity contribution in [1.29, 1.82) is 0 Å². The topological polar surface area (TPSA) is 85.8 Å². The summed E-state index contributed by atoms with van der Waals surface area (Å²) in [6.07, 6.45) is 8.64. The minimum absolute atomic E-state index is 0.224. The third kappa shape index (κ3) is 3.80. The maximum Gasteiger partial charge on any atom is 0.289 e. The smallest absolute Gasteiger partial charge is 0.289 e. The Morgan fingerprint density at radius 2 is 2.21 bits per heavy atom. The molecule has 0 radical (unpaired) electrons. The molecule has 0 spiro atoms. The Morgan fingerprint density at radius 1 is 1.42 bits per heavy atom. The van der Waals surface area contributed by atoms with Crippen molar-refractivity contribution in [2.75, 3.05) is 12.8 Å². The number of nitrogens with zero attached hydrogens (tertiary/aromatic N) is 4. The highest BCUT2D eigenvalue weighted by Gasteiger charge is 2.23. The quantitative estimate of drug-likeness (QED) is 0.611. The fourth-order valence-corrected chi connectivity index (χ4v) is 3.73. The standard InChI is InChI=1S/C16H23N5O2S/c1-11-10-13(23-20-11)15(22)17-9-5-8-14-18-19-16(24-2)21(14)12-6-3-4-7-12/h10,12H,3-9H2,1-2H3,(H,17,22). The number of hydrogen-bond acceptors (Lipinski definition) is 6. The van der Waals surface area contributed by atoms with E-state index in [9.17, 15) is 4.79 Å². The van der Waals surface area contributed by atoms with Crippen molar-refractivity contribution in [2.24, 2.45) is 0 Å². The van der Waals surface area contributed by atoms with Crippen LogP contribution in [-0.2, 0) is 6.42 Å².